The first-order chi connectivity index (χ1) is 21.5. The van der Waals surface area contributed by atoms with Crippen LogP contribution in [0.2, 0.25) is 5.02 Å². The molecular weight excluding hydrogens is 587 g/mol. The molecule has 44 heavy (non-hydrogen) atoms. The summed E-state index contributed by atoms with van der Waals surface area (Å²) in [4.78, 5) is 23.8. The molecule has 0 spiro atoms. The molecule has 9 nitrogen and oxygen atoms in total. The Morgan fingerprint density at radius 1 is 1.07 bits per heavy atom. The number of rotatable bonds is 7. The molecule has 2 saturated heterocycles. The van der Waals surface area contributed by atoms with E-state index in [2.05, 4.69) is 20.4 Å². The Morgan fingerprint density at radius 3 is 2.57 bits per heavy atom. The van der Waals surface area contributed by atoms with Gasteiger partial charge in [0.1, 0.15) is 11.6 Å². The number of nitrogens with two attached hydrogens (primary N) is 1. The average molecular weight is 623 g/mol. The van der Waals surface area contributed by atoms with Crippen LogP contribution in [0.15, 0.2) is 54.6 Å². The Morgan fingerprint density at radius 2 is 1.86 bits per heavy atom. The van der Waals surface area contributed by atoms with Crippen molar-refractivity contribution in [3.05, 3.63) is 88.0 Å². The summed E-state index contributed by atoms with van der Waals surface area (Å²) in [6.07, 6.45) is 2.13. The van der Waals surface area contributed by atoms with Crippen molar-refractivity contribution >= 4 is 28.6 Å². The van der Waals surface area contributed by atoms with Gasteiger partial charge in [-0.3, -0.25) is 4.90 Å². The van der Waals surface area contributed by atoms with Crippen LogP contribution in [-0.2, 0) is 22.7 Å². The highest BCUT2D eigenvalue weighted by atomic mass is 35.5. The number of carbonyl (C=O) groups is 1. The number of likely N-dealkylation sites (tertiary alicyclic amines) is 1. The fourth-order valence-corrected chi connectivity index (χ4v) is 6.22. The third-order valence-electron chi connectivity index (χ3n) is 8.43. The van der Waals surface area contributed by atoms with Gasteiger partial charge in [-0.2, -0.15) is 5.90 Å². The van der Waals surface area contributed by atoms with Crippen LogP contribution in [0.25, 0.3) is 11.0 Å². The molecule has 0 amide bonds. The van der Waals surface area contributed by atoms with Crippen LogP contribution in [0.1, 0.15) is 72.6 Å². The van der Waals surface area contributed by atoms with Crippen LogP contribution in [0.4, 0.5) is 4.39 Å². The zero-order valence-electron chi connectivity index (χ0n) is 24.8. The summed E-state index contributed by atoms with van der Waals surface area (Å²) in [5, 5.41) is 0.326. The molecule has 1 aromatic heterocycles. The third-order valence-corrected chi connectivity index (χ3v) is 8.66. The second-order valence-corrected chi connectivity index (χ2v) is 11.4. The zero-order chi connectivity index (χ0) is 30.8. The molecule has 3 aliphatic rings. The van der Waals surface area contributed by atoms with Gasteiger partial charge in [-0.15, -0.1) is 0 Å². The van der Waals surface area contributed by atoms with Gasteiger partial charge in [0.15, 0.2) is 11.5 Å². The van der Waals surface area contributed by atoms with Crippen LogP contribution in [0.5, 0.6) is 11.5 Å². The van der Waals surface area contributed by atoms with E-state index in [0.717, 1.165) is 61.4 Å². The first kappa shape index (κ1) is 30.3. The highest BCUT2D eigenvalue weighted by Gasteiger charge is 2.33. The number of imidazole rings is 1. The van der Waals surface area contributed by atoms with Crippen molar-refractivity contribution in [1.29, 1.82) is 0 Å². The van der Waals surface area contributed by atoms with E-state index in [9.17, 15) is 9.18 Å². The molecule has 232 valence electrons. The Bertz CT molecular complexity index is 1650. The number of nitrogens with zero attached hydrogens (tertiary/aromatic N) is 3. The lowest BCUT2D eigenvalue weighted by Gasteiger charge is -2.33. The van der Waals surface area contributed by atoms with Crippen LogP contribution in [0.3, 0.4) is 0 Å². The van der Waals surface area contributed by atoms with Crippen LogP contribution >= 0.6 is 11.6 Å². The second-order valence-electron chi connectivity index (χ2n) is 11.0. The molecule has 0 aliphatic carbocycles. The van der Waals surface area contributed by atoms with Gasteiger partial charge in [-0.25, -0.2) is 14.2 Å². The zero-order valence-corrected chi connectivity index (χ0v) is 25.6. The maximum absolute atomic E-state index is 14.6. The van der Waals surface area contributed by atoms with E-state index in [4.69, 9.17) is 36.7 Å². The summed E-state index contributed by atoms with van der Waals surface area (Å²) >= 11 is 5.93. The maximum atomic E-state index is 14.6. The summed E-state index contributed by atoms with van der Waals surface area (Å²) in [6.45, 7) is 7.86. The second kappa shape index (κ2) is 13.1. The molecule has 2 N–H and O–H groups in total. The highest BCUT2D eigenvalue weighted by molar-refractivity contribution is 6.30. The van der Waals surface area contributed by atoms with E-state index in [1.807, 2.05) is 32.0 Å². The molecule has 3 aliphatic heterocycles. The van der Waals surface area contributed by atoms with Gasteiger partial charge < -0.3 is 23.6 Å². The molecule has 4 aromatic rings. The third kappa shape index (κ3) is 5.99. The van der Waals surface area contributed by atoms with E-state index >= 15 is 0 Å². The lowest BCUT2D eigenvalue weighted by molar-refractivity contribution is -0.0592. The minimum atomic E-state index is -0.849. The predicted molar refractivity (Wildman–Crippen MR) is 164 cm³/mol. The number of carbonyl (C=O) groups excluding carboxylic acids is 1. The summed E-state index contributed by atoms with van der Waals surface area (Å²) in [5.74, 6) is 6.60. The Hall–Kier alpha value is -3.70. The van der Waals surface area contributed by atoms with Gasteiger partial charge in [0.25, 0.3) is 6.29 Å². The normalized spacial score (nSPS) is 19.8. The van der Waals surface area contributed by atoms with Gasteiger partial charge in [0.05, 0.1) is 41.4 Å². The molecule has 2 atom stereocenters. The number of para-hydroxylation sites is 1. The van der Waals surface area contributed by atoms with Crippen molar-refractivity contribution in [2.24, 2.45) is 5.90 Å². The van der Waals surface area contributed by atoms with E-state index in [0.29, 0.717) is 40.7 Å². The lowest BCUT2D eigenvalue weighted by Crippen LogP contribution is -2.35. The topological polar surface area (TPSA) is 101 Å². The van der Waals surface area contributed by atoms with Crippen molar-refractivity contribution in [2.45, 2.75) is 64.5 Å². The molecule has 0 saturated carbocycles. The highest BCUT2D eigenvalue weighted by Crippen LogP contribution is 2.47. The quantitative estimate of drug-likeness (QED) is 0.232. The first-order valence-electron chi connectivity index (χ1n) is 15.1. The number of aromatic nitrogens is 2. The number of piperidine rings is 1. The lowest BCUT2D eigenvalue weighted by atomic mass is 9.88. The SMILES string of the molecule is CC.NOC(=O)c1ccc2nc(CN3CCC(c4cccc5c4OC(c4ccc(Cl)cc4F)O5)CC3)n(CC3CCO3)c2c1. The molecule has 2 fully saturated rings. The van der Waals surface area contributed by atoms with Gasteiger partial charge in [-0.1, -0.05) is 37.6 Å². The Balaban J connectivity index is 0.00000168. The standard InChI is InChI=1S/C31H30ClFN4O5.C2H6/c32-20-5-6-23(24(33)15-20)31-40-27-3-1-2-22(29(27)41-31)18-8-11-36(12-9-18)17-28-35-25-7-4-19(30(38)42-34)14-26(25)37(28)16-21-10-13-39-21;1-2/h1-7,14-15,18,21,31H,8-13,16-17,34H2;1-2H3. The summed E-state index contributed by atoms with van der Waals surface area (Å²) < 4.78 is 34.6. The van der Waals surface area contributed by atoms with Gasteiger partial charge >= 0.3 is 5.97 Å². The van der Waals surface area contributed by atoms with Crippen LogP contribution in [-0.4, -0.2) is 46.2 Å². The molecule has 11 heteroatoms. The summed E-state index contributed by atoms with van der Waals surface area (Å²) in [6, 6.07) is 15.7. The van der Waals surface area contributed by atoms with Crippen molar-refractivity contribution in [2.75, 3.05) is 19.7 Å². The van der Waals surface area contributed by atoms with E-state index in [1.54, 1.807) is 24.3 Å². The fourth-order valence-electron chi connectivity index (χ4n) is 6.07. The Kier molecular flexibility index (Phi) is 9.04. The summed E-state index contributed by atoms with van der Waals surface area (Å²) in [7, 11) is 0. The van der Waals surface area contributed by atoms with E-state index < -0.39 is 18.1 Å². The van der Waals surface area contributed by atoms with Crippen LogP contribution < -0.4 is 15.4 Å². The first-order valence-corrected chi connectivity index (χ1v) is 15.5. The molecule has 3 aromatic carbocycles. The van der Waals surface area contributed by atoms with Crippen molar-refractivity contribution in [3.8, 4) is 11.5 Å². The fraction of sp³-hybridized carbons (Fsp3) is 0.394. The molecular formula is C33H36ClFN4O5. The number of hydrogen-bond acceptors (Lipinski definition) is 8. The summed E-state index contributed by atoms with van der Waals surface area (Å²) in [5.41, 5.74) is 3.46. The smallest absolute Gasteiger partial charge is 0.356 e. The predicted octanol–water partition coefficient (Wildman–Crippen LogP) is 6.52. The minimum absolute atomic E-state index is 0.129. The maximum Gasteiger partial charge on any atom is 0.356 e. The number of benzene rings is 3. The minimum Gasteiger partial charge on any atom is -0.447 e. The van der Waals surface area contributed by atoms with Crippen molar-refractivity contribution in [3.63, 3.8) is 0 Å². The van der Waals surface area contributed by atoms with E-state index in [-0.39, 0.29) is 12.0 Å². The number of hydrogen-bond donors (Lipinski definition) is 1. The molecule has 7 rings (SSSR count). The number of fused-ring (bicyclic) bond motifs is 2. The van der Waals surface area contributed by atoms with Gasteiger partial charge in [0, 0.05) is 17.2 Å². The van der Waals surface area contributed by atoms with Gasteiger partial charge in [0.2, 0.25) is 0 Å². The molecule has 4 heterocycles. The molecule has 2 unspecified atom stereocenters. The average Bonchev–Trinajstić information content (AvgIpc) is 3.60. The molecule has 0 bridgehead atoms. The number of halogens is 2. The van der Waals surface area contributed by atoms with Crippen molar-refractivity contribution < 1.29 is 28.2 Å². The monoisotopic (exact) mass is 622 g/mol. The number of ether oxygens (including phenoxy) is 3. The largest absolute Gasteiger partial charge is 0.447 e. The van der Waals surface area contributed by atoms with Crippen LogP contribution in [0, 0.1) is 5.82 Å². The van der Waals surface area contributed by atoms with E-state index in [1.165, 1.54) is 6.07 Å². The van der Waals surface area contributed by atoms with Crippen molar-refractivity contribution in [1.82, 2.24) is 14.5 Å². The Labute approximate surface area is 260 Å². The van der Waals surface area contributed by atoms with Gasteiger partial charge in [-0.05, 0) is 80.7 Å². The molecule has 0 radical (unpaired) electrons.